The molecule has 0 radical (unpaired) electrons. The summed E-state index contributed by atoms with van der Waals surface area (Å²) in [5, 5.41) is 12.1. The summed E-state index contributed by atoms with van der Waals surface area (Å²) in [4.78, 5) is 0.925. The maximum absolute atomic E-state index is 12.6. The molecule has 1 aliphatic rings. The summed E-state index contributed by atoms with van der Waals surface area (Å²) < 4.78 is 28.1. The maximum atomic E-state index is 12.6. The Labute approximate surface area is 129 Å². The summed E-state index contributed by atoms with van der Waals surface area (Å²) in [7, 11) is -3.67. The minimum Gasteiger partial charge on any atom is -0.409 e. The summed E-state index contributed by atoms with van der Waals surface area (Å²) >= 11 is 1.21. The molecule has 118 valence electrons. The quantitative estimate of drug-likeness (QED) is 0.258. The number of aryl methyl sites for hydroxylation is 1. The predicted octanol–water partition coefficient (Wildman–Crippen LogP) is 2.17. The van der Waals surface area contributed by atoms with E-state index in [-0.39, 0.29) is 10.0 Å². The second-order valence-corrected chi connectivity index (χ2v) is 8.65. The molecule has 0 bridgehead atoms. The molecule has 0 amide bonds. The molecule has 0 aliphatic heterocycles. The van der Waals surface area contributed by atoms with E-state index in [2.05, 4.69) is 9.88 Å². The molecule has 1 aromatic rings. The van der Waals surface area contributed by atoms with Gasteiger partial charge in [-0.25, -0.2) is 8.42 Å². The normalized spacial score (nSPS) is 20.1. The summed E-state index contributed by atoms with van der Waals surface area (Å²) in [6.45, 7) is 1.86. The van der Waals surface area contributed by atoms with Crippen LogP contribution in [-0.2, 0) is 10.0 Å². The molecule has 8 heteroatoms. The highest BCUT2D eigenvalue weighted by molar-refractivity contribution is 7.91. The fraction of sp³-hybridized carbons (Fsp3) is 0.615. The molecule has 4 N–H and O–H groups in total. The minimum absolute atomic E-state index is 0.0544. The van der Waals surface area contributed by atoms with E-state index in [9.17, 15) is 8.42 Å². The van der Waals surface area contributed by atoms with E-state index in [1.807, 2.05) is 6.92 Å². The largest absolute Gasteiger partial charge is 0.409 e. The van der Waals surface area contributed by atoms with Crippen LogP contribution in [0.15, 0.2) is 21.5 Å². The van der Waals surface area contributed by atoms with Gasteiger partial charge in [0.2, 0.25) is 0 Å². The number of rotatable bonds is 4. The minimum atomic E-state index is -3.67. The zero-order valence-corrected chi connectivity index (χ0v) is 13.6. The van der Waals surface area contributed by atoms with Crippen LogP contribution in [0.2, 0.25) is 0 Å². The van der Waals surface area contributed by atoms with Gasteiger partial charge in [-0.3, -0.25) is 0 Å². The van der Waals surface area contributed by atoms with E-state index in [1.165, 1.54) is 11.3 Å². The van der Waals surface area contributed by atoms with Crippen molar-refractivity contribution >= 4 is 27.2 Å². The van der Waals surface area contributed by atoms with Gasteiger partial charge in [0.25, 0.3) is 10.0 Å². The highest BCUT2D eigenvalue weighted by Crippen LogP contribution is 2.30. The van der Waals surface area contributed by atoms with Gasteiger partial charge in [-0.15, -0.1) is 11.3 Å². The molecule has 1 saturated carbocycles. The van der Waals surface area contributed by atoms with Gasteiger partial charge in [0.1, 0.15) is 4.21 Å². The van der Waals surface area contributed by atoms with Gasteiger partial charge in [-0.2, -0.15) is 4.72 Å². The number of hydrogen-bond acceptors (Lipinski definition) is 5. The molecule has 2 rings (SSSR count). The van der Waals surface area contributed by atoms with Crippen LogP contribution in [0, 0.1) is 6.92 Å². The standard InChI is InChI=1S/C13H21N3O3S2/c1-10-6-7-11(20-10)21(18,19)16-13(12(14)15-17)8-4-2-3-5-9-13/h6-7,16-17H,2-5,8-9H2,1H3,(H2,14,15). The zero-order valence-electron chi connectivity index (χ0n) is 12.0. The molecule has 0 unspecified atom stereocenters. The van der Waals surface area contributed by atoms with Crippen LogP contribution < -0.4 is 10.5 Å². The number of thiophene rings is 1. The van der Waals surface area contributed by atoms with E-state index in [0.717, 1.165) is 30.6 Å². The molecule has 0 spiro atoms. The molecule has 0 atom stereocenters. The Hall–Kier alpha value is -1.12. The molecule has 6 nitrogen and oxygen atoms in total. The summed E-state index contributed by atoms with van der Waals surface area (Å²) in [5.74, 6) is -0.0544. The predicted molar refractivity (Wildman–Crippen MR) is 83.2 cm³/mol. The lowest BCUT2D eigenvalue weighted by molar-refractivity contribution is 0.306. The first-order valence-electron chi connectivity index (χ1n) is 6.98. The fourth-order valence-corrected chi connectivity index (χ4v) is 5.42. The Morgan fingerprint density at radius 2 is 1.95 bits per heavy atom. The van der Waals surface area contributed by atoms with E-state index in [0.29, 0.717) is 12.8 Å². The van der Waals surface area contributed by atoms with Crippen LogP contribution in [0.25, 0.3) is 0 Å². The van der Waals surface area contributed by atoms with Crippen molar-refractivity contribution < 1.29 is 13.6 Å². The number of nitrogens with two attached hydrogens (primary N) is 1. The second-order valence-electron chi connectivity index (χ2n) is 5.45. The Balaban J connectivity index is 2.34. The number of nitrogens with one attached hydrogen (secondary N) is 1. The molecular weight excluding hydrogens is 310 g/mol. The molecule has 21 heavy (non-hydrogen) atoms. The molecule has 1 fully saturated rings. The van der Waals surface area contributed by atoms with Crippen LogP contribution in [0.4, 0.5) is 0 Å². The zero-order chi connectivity index (χ0) is 15.5. The third kappa shape index (κ3) is 3.56. The molecule has 1 heterocycles. The van der Waals surface area contributed by atoms with Crippen LogP contribution in [0.5, 0.6) is 0 Å². The average molecular weight is 331 g/mol. The highest BCUT2D eigenvalue weighted by Gasteiger charge is 2.40. The molecule has 1 aliphatic carbocycles. The molecule has 0 aromatic carbocycles. The average Bonchev–Trinajstić information content (AvgIpc) is 2.75. The van der Waals surface area contributed by atoms with Crippen LogP contribution in [-0.4, -0.2) is 25.0 Å². The van der Waals surface area contributed by atoms with Crippen LogP contribution in [0.3, 0.4) is 0 Å². The number of sulfonamides is 1. The number of hydrogen-bond donors (Lipinski definition) is 3. The lowest BCUT2D eigenvalue weighted by atomic mass is 9.90. The summed E-state index contributed by atoms with van der Waals surface area (Å²) in [5.41, 5.74) is 4.83. The summed E-state index contributed by atoms with van der Waals surface area (Å²) in [6.07, 6.45) is 4.85. The Kier molecular flexibility index (Phi) is 4.90. The van der Waals surface area contributed by atoms with Gasteiger partial charge in [0.05, 0.1) is 5.54 Å². The van der Waals surface area contributed by atoms with E-state index >= 15 is 0 Å². The smallest absolute Gasteiger partial charge is 0.250 e. The van der Waals surface area contributed by atoms with Crippen molar-refractivity contribution in [3.05, 3.63) is 17.0 Å². The van der Waals surface area contributed by atoms with E-state index < -0.39 is 15.6 Å². The topological polar surface area (TPSA) is 105 Å². The first kappa shape index (κ1) is 16.3. The van der Waals surface area contributed by atoms with Crippen molar-refractivity contribution in [2.75, 3.05) is 0 Å². The van der Waals surface area contributed by atoms with Crippen molar-refractivity contribution in [3.8, 4) is 0 Å². The molecular formula is C13H21N3O3S2. The third-order valence-corrected chi connectivity index (χ3v) is 6.89. The Bertz CT molecular complexity index is 614. The fourth-order valence-electron chi connectivity index (χ4n) is 2.70. The van der Waals surface area contributed by atoms with Crippen molar-refractivity contribution in [2.24, 2.45) is 10.9 Å². The Morgan fingerprint density at radius 1 is 1.33 bits per heavy atom. The first-order valence-corrected chi connectivity index (χ1v) is 9.28. The molecule has 0 saturated heterocycles. The van der Waals surface area contributed by atoms with E-state index in [1.54, 1.807) is 12.1 Å². The SMILES string of the molecule is Cc1ccc(S(=O)(=O)NC2(/C(N)=N/O)CCCCCC2)s1. The third-order valence-electron chi connectivity index (χ3n) is 3.87. The van der Waals surface area contributed by atoms with Crippen LogP contribution >= 0.6 is 11.3 Å². The van der Waals surface area contributed by atoms with Gasteiger partial charge < -0.3 is 10.9 Å². The number of nitrogens with zero attached hydrogens (tertiary/aromatic N) is 1. The second kappa shape index (κ2) is 6.33. The maximum Gasteiger partial charge on any atom is 0.250 e. The van der Waals surface area contributed by atoms with Crippen molar-refractivity contribution in [1.82, 2.24) is 4.72 Å². The van der Waals surface area contributed by atoms with Gasteiger partial charge in [0, 0.05) is 4.88 Å². The van der Waals surface area contributed by atoms with Crippen molar-refractivity contribution in [2.45, 2.75) is 55.2 Å². The highest BCUT2D eigenvalue weighted by atomic mass is 32.2. The molecule has 1 aromatic heterocycles. The van der Waals surface area contributed by atoms with Gasteiger partial charge in [-0.05, 0) is 31.9 Å². The lowest BCUT2D eigenvalue weighted by Gasteiger charge is -2.31. The Morgan fingerprint density at radius 3 is 2.43 bits per heavy atom. The van der Waals surface area contributed by atoms with Crippen LogP contribution in [0.1, 0.15) is 43.4 Å². The van der Waals surface area contributed by atoms with E-state index in [4.69, 9.17) is 10.9 Å². The lowest BCUT2D eigenvalue weighted by Crippen LogP contribution is -2.57. The van der Waals surface area contributed by atoms with Crippen molar-refractivity contribution in [1.29, 1.82) is 0 Å². The van der Waals surface area contributed by atoms with Gasteiger partial charge in [-0.1, -0.05) is 30.8 Å². The monoisotopic (exact) mass is 331 g/mol. The number of amidine groups is 1. The van der Waals surface area contributed by atoms with Gasteiger partial charge in [0.15, 0.2) is 5.84 Å². The van der Waals surface area contributed by atoms with Gasteiger partial charge >= 0.3 is 0 Å². The first-order chi connectivity index (χ1) is 9.89. The number of oxime groups is 1. The summed E-state index contributed by atoms with van der Waals surface area (Å²) in [6, 6.07) is 3.35. The van der Waals surface area contributed by atoms with Crippen molar-refractivity contribution in [3.63, 3.8) is 0 Å².